The van der Waals surface area contributed by atoms with Gasteiger partial charge in [0, 0.05) is 64.5 Å². The van der Waals surface area contributed by atoms with E-state index in [0.717, 1.165) is 55.4 Å². The molecule has 0 radical (unpaired) electrons. The highest BCUT2D eigenvalue weighted by atomic mass is 16.5. The van der Waals surface area contributed by atoms with E-state index in [1.54, 1.807) is 12.0 Å². The Hall–Kier alpha value is -3.44. The van der Waals surface area contributed by atoms with Crippen molar-refractivity contribution < 1.29 is 19.1 Å². The van der Waals surface area contributed by atoms with Gasteiger partial charge in [-0.1, -0.05) is 12.1 Å². The van der Waals surface area contributed by atoms with Gasteiger partial charge in [0.25, 0.3) is 0 Å². The van der Waals surface area contributed by atoms with Gasteiger partial charge in [0.05, 0.1) is 26.0 Å². The van der Waals surface area contributed by atoms with Crippen LogP contribution in [-0.4, -0.2) is 123 Å². The Bertz CT molecular complexity index is 1050. The average Bonchev–Trinajstić information content (AvgIpc) is 3.22. The standard InChI is InChI=1S/C27H39N7O4/c1-3-28-27(36)34(13-12-31-16-18-38-19-17-31)21-26(35)33-11-5-10-32(14-15-33)25-9-8-24(29-30-25)22-6-4-7-23(20-22)37-2/h4,6-9,20H,3,5,10-19,21H2,1-2H3,(H,28,36). The Kier molecular flexibility index (Phi) is 10.1. The first kappa shape index (κ1) is 27.6. The summed E-state index contributed by atoms with van der Waals surface area (Å²) in [4.78, 5) is 33.8. The summed E-state index contributed by atoms with van der Waals surface area (Å²) >= 11 is 0. The van der Waals surface area contributed by atoms with Crippen LogP contribution in [0.3, 0.4) is 0 Å². The summed E-state index contributed by atoms with van der Waals surface area (Å²) in [6, 6.07) is 11.5. The molecule has 11 nitrogen and oxygen atoms in total. The van der Waals surface area contributed by atoms with Gasteiger partial charge in [-0.3, -0.25) is 9.69 Å². The lowest BCUT2D eigenvalue weighted by Gasteiger charge is -2.31. The third-order valence-corrected chi connectivity index (χ3v) is 6.92. The highest BCUT2D eigenvalue weighted by Crippen LogP contribution is 2.23. The van der Waals surface area contributed by atoms with E-state index in [4.69, 9.17) is 9.47 Å². The third-order valence-electron chi connectivity index (χ3n) is 6.92. The Morgan fingerprint density at radius 1 is 1.05 bits per heavy atom. The molecule has 2 fully saturated rings. The number of carbonyl (C=O) groups excluding carboxylic acids is 2. The van der Waals surface area contributed by atoms with Crippen molar-refractivity contribution in [1.82, 2.24) is 30.2 Å². The van der Waals surface area contributed by atoms with Crippen molar-refractivity contribution in [3.05, 3.63) is 36.4 Å². The molecule has 2 aliphatic rings. The van der Waals surface area contributed by atoms with Crippen LogP contribution in [0.2, 0.25) is 0 Å². The number of ether oxygens (including phenoxy) is 2. The largest absolute Gasteiger partial charge is 0.497 e. The summed E-state index contributed by atoms with van der Waals surface area (Å²) in [5.74, 6) is 1.54. The topological polar surface area (TPSA) is 103 Å². The van der Waals surface area contributed by atoms with E-state index in [1.807, 2.05) is 48.2 Å². The zero-order valence-electron chi connectivity index (χ0n) is 22.5. The summed E-state index contributed by atoms with van der Waals surface area (Å²) < 4.78 is 10.7. The van der Waals surface area contributed by atoms with Gasteiger partial charge in [-0.2, -0.15) is 0 Å². The minimum Gasteiger partial charge on any atom is -0.497 e. The Labute approximate surface area is 224 Å². The molecule has 4 rings (SSSR count). The molecule has 2 aromatic rings. The number of nitrogens with zero attached hydrogens (tertiary/aromatic N) is 6. The van der Waals surface area contributed by atoms with Crippen LogP contribution in [0.5, 0.6) is 5.75 Å². The monoisotopic (exact) mass is 525 g/mol. The number of benzene rings is 1. The van der Waals surface area contributed by atoms with Crippen molar-refractivity contribution in [1.29, 1.82) is 0 Å². The van der Waals surface area contributed by atoms with Crippen LogP contribution in [0.1, 0.15) is 13.3 Å². The van der Waals surface area contributed by atoms with Gasteiger partial charge in [-0.05, 0) is 37.6 Å². The van der Waals surface area contributed by atoms with E-state index < -0.39 is 0 Å². The fraction of sp³-hybridized carbons (Fsp3) is 0.556. The van der Waals surface area contributed by atoms with E-state index in [0.29, 0.717) is 45.9 Å². The van der Waals surface area contributed by atoms with Crippen molar-refractivity contribution >= 4 is 17.8 Å². The fourth-order valence-electron chi connectivity index (χ4n) is 4.69. The van der Waals surface area contributed by atoms with Crippen LogP contribution < -0.4 is 15.0 Å². The van der Waals surface area contributed by atoms with E-state index in [9.17, 15) is 9.59 Å². The van der Waals surface area contributed by atoms with Crippen molar-refractivity contribution in [2.75, 3.05) is 90.7 Å². The number of anilines is 1. The van der Waals surface area contributed by atoms with Gasteiger partial charge in [0.2, 0.25) is 5.91 Å². The van der Waals surface area contributed by atoms with Crippen LogP contribution in [0.15, 0.2) is 36.4 Å². The molecule has 3 amide bonds. The Morgan fingerprint density at radius 3 is 2.63 bits per heavy atom. The van der Waals surface area contributed by atoms with Crippen LogP contribution in [0, 0.1) is 0 Å². The van der Waals surface area contributed by atoms with Crippen molar-refractivity contribution in [3.63, 3.8) is 0 Å². The molecule has 0 aliphatic carbocycles. The minimum atomic E-state index is -0.197. The number of amides is 3. The minimum absolute atomic E-state index is 0.0282. The molecule has 1 aromatic carbocycles. The number of urea groups is 1. The molecule has 2 saturated heterocycles. The normalized spacial score (nSPS) is 16.6. The van der Waals surface area contributed by atoms with Crippen LogP contribution in [0.4, 0.5) is 10.6 Å². The Morgan fingerprint density at radius 2 is 1.89 bits per heavy atom. The van der Waals surface area contributed by atoms with Crippen molar-refractivity contribution in [2.45, 2.75) is 13.3 Å². The van der Waals surface area contributed by atoms with E-state index in [1.165, 1.54) is 0 Å². The predicted molar refractivity (Wildman–Crippen MR) is 145 cm³/mol. The number of nitrogens with one attached hydrogen (secondary N) is 1. The maximum Gasteiger partial charge on any atom is 0.317 e. The summed E-state index contributed by atoms with van der Waals surface area (Å²) in [6.07, 6.45) is 0.819. The maximum atomic E-state index is 13.2. The van der Waals surface area contributed by atoms with Gasteiger partial charge in [0.1, 0.15) is 12.3 Å². The first-order valence-corrected chi connectivity index (χ1v) is 13.4. The first-order chi connectivity index (χ1) is 18.6. The predicted octanol–water partition coefficient (Wildman–Crippen LogP) is 1.55. The summed E-state index contributed by atoms with van der Waals surface area (Å²) in [7, 11) is 1.64. The molecule has 1 N–H and O–H groups in total. The van der Waals surface area contributed by atoms with Gasteiger partial charge in [-0.25, -0.2) is 4.79 Å². The number of hydrogen-bond acceptors (Lipinski definition) is 8. The van der Waals surface area contributed by atoms with Crippen LogP contribution in [0.25, 0.3) is 11.3 Å². The second-order valence-corrected chi connectivity index (χ2v) is 9.44. The average molecular weight is 526 g/mol. The zero-order chi connectivity index (χ0) is 26.7. The molecule has 0 bridgehead atoms. The highest BCUT2D eigenvalue weighted by Gasteiger charge is 2.24. The summed E-state index contributed by atoms with van der Waals surface area (Å²) in [6.45, 7) is 9.50. The first-order valence-electron chi connectivity index (χ1n) is 13.4. The molecule has 3 heterocycles. The van der Waals surface area contributed by atoms with Gasteiger partial charge in [0.15, 0.2) is 5.82 Å². The van der Waals surface area contributed by atoms with Gasteiger partial charge < -0.3 is 29.5 Å². The lowest BCUT2D eigenvalue weighted by Crippen LogP contribution is -2.50. The molecule has 0 unspecified atom stereocenters. The molecule has 38 heavy (non-hydrogen) atoms. The van der Waals surface area contributed by atoms with Crippen LogP contribution in [-0.2, 0) is 9.53 Å². The Balaban J connectivity index is 1.32. The molecule has 2 aliphatic heterocycles. The maximum absolute atomic E-state index is 13.2. The SMILES string of the molecule is CCNC(=O)N(CCN1CCOCC1)CC(=O)N1CCCN(c2ccc(-c3cccc(OC)c3)nn2)CC1. The van der Waals surface area contributed by atoms with Crippen LogP contribution >= 0.6 is 0 Å². The number of carbonyl (C=O) groups is 2. The lowest BCUT2D eigenvalue weighted by atomic mass is 10.1. The molecule has 1 aromatic heterocycles. The third kappa shape index (κ3) is 7.55. The summed E-state index contributed by atoms with van der Waals surface area (Å²) in [5, 5.41) is 11.7. The number of methoxy groups -OCH3 is 1. The fourth-order valence-corrected chi connectivity index (χ4v) is 4.69. The quantitative estimate of drug-likeness (QED) is 0.526. The molecule has 206 valence electrons. The van der Waals surface area contributed by atoms with E-state index in [-0.39, 0.29) is 18.5 Å². The molecule has 0 spiro atoms. The molecular weight excluding hydrogens is 486 g/mol. The summed E-state index contributed by atoms with van der Waals surface area (Å²) in [5.41, 5.74) is 1.73. The van der Waals surface area contributed by atoms with Crippen molar-refractivity contribution in [2.24, 2.45) is 0 Å². The zero-order valence-corrected chi connectivity index (χ0v) is 22.5. The van der Waals surface area contributed by atoms with E-state index in [2.05, 4.69) is 25.3 Å². The molecule has 11 heteroatoms. The molecule has 0 atom stereocenters. The molecule has 0 saturated carbocycles. The van der Waals surface area contributed by atoms with Crippen molar-refractivity contribution in [3.8, 4) is 17.0 Å². The number of rotatable bonds is 9. The second-order valence-electron chi connectivity index (χ2n) is 9.44. The number of hydrogen-bond donors (Lipinski definition) is 1. The second kappa shape index (κ2) is 13.9. The van der Waals surface area contributed by atoms with E-state index >= 15 is 0 Å². The highest BCUT2D eigenvalue weighted by molar-refractivity contribution is 5.84. The number of aromatic nitrogens is 2. The number of morpholine rings is 1. The van der Waals surface area contributed by atoms with Gasteiger partial charge in [-0.15, -0.1) is 10.2 Å². The smallest absolute Gasteiger partial charge is 0.317 e. The van der Waals surface area contributed by atoms with Gasteiger partial charge >= 0.3 is 6.03 Å². The molecular formula is C27H39N7O4. The lowest BCUT2D eigenvalue weighted by molar-refractivity contribution is -0.131.